The summed E-state index contributed by atoms with van der Waals surface area (Å²) < 4.78 is 19.9. The molecule has 2 amide bonds. The van der Waals surface area contributed by atoms with Crippen molar-refractivity contribution in [3.8, 4) is 5.75 Å². The van der Waals surface area contributed by atoms with Crippen LogP contribution in [0.4, 0.5) is 4.39 Å². The minimum absolute atomic E-state index is 0.0175. The number of hydrogen-bond donors (Lipinski definition) is 1. The molecule has 0 saturated carbocycles. The molecule has 0 unspecified atom stereocenters. The molecule has 5 nitrogen and oxygen atoms in total. The zero-order valence-electron chi connectivity index (χ0n) is 19.0. The van der Waals surface area contributed by atoms with Crippen molar-refractivity contribution in [3.05, 3.63) is 65.5 Å². The van der Waals surface area contributed by atoms with E-state index in [-0.39, 0.29) is 31.0 Å². The number of nitrogens with zero attached hydrogens (tertiary/aromatic N) is 1. The maximum Gasteiger partial charge on any atom is 0.261 e. The SMILES string of the molecule is CC[C@@H](C)NC(=O)[C@@H](C)N(Cc1ccccc1F)C(=O)COc1ccc(C(C)C)cc1. The predicted molar refractivity (Wildman–Crippen MR) is 120 cm³/mol. The molecule has 0 aliphatic carbocycles. The van der Waals surface area contributed by atoms with Gasteiger partial charge in [0.05, 0.1) is 0 Å². The zero-order chi connectivity index (χ0) is 23.0. The van der Waals surface area contributed by atoms with Gasteiger partial charge in [-0.2, -0.15) is 0 Å². The van der Waals surface area contributed by atoms with Crippen molar-refractivity contribution in [1.82, 2.24) is 10.2 Å². The fourth-order valence-corrected chi connectivity index (χ4v) is 3.04. The summed E-state index contributed by atoms with van der Waals surface area (Å²) in [7, 11) is 0. The van der Waals surface area contributed by atoms with Crippen LogP contribution in [0, 0.1) is 5.82 Å². The van der Waals surface area contributed by atoms with Gasteiger partial charge in [0.2, 0.25) is 5.91 Å². The fraction of sp³-hybridized carbons (Fsp3) is 0.440. The Labute approximate surface area is 184 Å². The van der Waals surface area contributed by atoms with Crippen molar-refractivity contribution in [2.45, 2.75) is 65.6 Å². The molecular weight excluding hydrogens is 395 g/mol. The van der Waals surface area contributed by atoms with Crippen LogP contribution in [0.1, 0.15) is 58.1 Å². The van der Waals surface area contributed by atoms with Crippen molar-refractivity contribution in [2.24, 2.45) is 0 Å². The van der Waals surface area contributed by atoms with Crippen LogP contribution in [0.2, 0.25) is 0 Å². The Morgan fingerprint density at radius 3 is 2.26 bits per heavy atom. The molecule has 1 N–H and O–H groups in total. The number of halogens is 1. The molecule has 0 aliphatic heterocycles. The summed E-state index contributed by atoms with van der Waals surface area (Å²) in [5.41, 5.74) is 1.52. The van der Waals surface area contributed by atoms with E-state index in [9.17, 15) is 14.0 Å². The van der Waals surface area contributed by atoms with E-state index in [4.69, 9.17) is 4.74 Å². The topological polar surface area (TPSA) is 58.6 Å². The normalized spacial score (nSPS) is 12.9. The second-order valence-electron chi connectivity index (χ2n) is 8.12. The first-order valence-electron chi connectivity index (χ1n) is 10.8. The van der Waals surface area contributed by atoms with Gasteiger partial charge < -0.3 is 15.0 Å². The lowest BCUT2D eigenvalue weighted by Gasteiger charge is -2.29. The van der Waals surface area contributed by atoms with E-state index in [1.54, 1.807) is 25.1 Å². The highest BCUT2D eigenvalue weighted by Gasteiger charge is 2.27. The average molecular weight is 429 g/mol. The van der Waals surface area contributed by atoms with E-state index in [1.807, 2.05) is 38.1 Å². The Morgan fingerprint density at radius 2 is 1.68 bits per heavy atom. The van der Waals surface area contributed by atoms with Crippen LogP contribution in [-0.4, -0.2) is 35.4 Å². The molecule has 2 aromatic carbocycles. The summed E-state index contributed by atoms with van der Waals surface area (Å²) >= 11 is 0. The van der Waals surface area contributed by atoms with Crippen LogP contribution in [0.15, 0.2) is 48.5 Å². The summed E-state index contributed by atoms with van der Waals surface area (Å²) in [6, 6.07) is 13.0. The molecule has 0 aliphatic rings. The van der Waals surface area contributed by atoms with Crippen molar-refractivity contribution >= 4 is 11.8 Å². The summed E-state index contributed by atoms with van der Waals surface area (Å²) in [6.45, 7) is 9.46. The molecule has 168 valence electrons. The van der Waals surface area contributed by atoms with Gasteiger partial charge >= 0.3 is 0 Å². The first-order valence-corrected chi connectivity index (χ1v) is 10.8. The molecule has 0 bridgehead atoms. The Hall–Kier alpha value is -2.89. The standard InChI is InChI=1S/C25H33FN2O3/c1-6-18(4)27-25(30)19(5)28(15-21-9-7-8-10-23(21)26)24(29)16-31-22-13-11-20(12-14-22)17(2)3/h7-14,17-19H,6,15-16H2,1-5H3,(H,27,30)/t18-,19-/m1/s1. The van der Waals surface area contributed by atoms with Crippen LogP contribution >= 0.6 is 0 Å². The Bertz CT molecular complexity index is 867. The summed E-state index contributed by atoms with van der Waals surface area (Å²) in [4.78, 5) is 27.0. The second kappa shape index (κ2) is 11.5. The Balaban J connectivity index is 2.14. The average Bonchev–Trinajstić information content (AvgIpc) is 2.76. The molecule has 2 atom stereocenters. The summed E-state index contributed by atoms with van der Waals surface area (Å²) in [6.07, 6.45) is 0.773. The number of carbonyl (C=O) groups is 2. The molecule has 31 heavy (non-hydrogen) atoms. The van der Waals surface area contributed by atoms with E-state index in [1.165, 1.54) is 16.5 Å². The maximum atomic E-state index is 14.2. The monoisotopic (exact) mass is 428 g/mol. The maximum absolute atomic E-state index is 14.2. The van der Waals surface area contributed by atoms with Gasteiger partial charge in [0.1, 0.15) is 17.6 Å². The third-order valence-electron chi connectivity index (χ3n) is 5.38. The fourth-order valence-electron chi connectivity index (χ4n) is 3.04. The van der Waals surface area contributed by atoms with Gasteiger partial charge in [0.25, 0.3) is 5.91 Å². The van der Waals surface area contributed by atoms with Crippen molar-refractivity contribution < 1.29 is 18.7 Å². The molecular formula is C25H33FN2O3. The van der Waals surface area contributed by atoms with E-state index >= 15 is 0 Å². The minimum atomic E-state index is -0.770. The van der Waals surface area contributed by atoms with Crippen LogP contribution in [0.25, 0.3) is 0 Å². The van der Waals surface area contributed by atoms with E-state index in [0.717, 1.165) is 6.42 Å². The lowest BCUT2D eigenvalue weighted by atomic mass is 10.0. The number of nitrogens with one attached hydrogen (secondary N) is 1. The smallest absolute Gasteiger partial charge is 0.261 e. The molecule has 0 aromatic heterocycles. The third kappa shape index (κ3) is 7.09. The van der Waals surface area contributed by atoms with Crippen LogP contribution in [0.3, 0.4) is 0 Å². The third-order valence-corrected chi connectivity index (χ3v) is 5.38. The number of ether oxygens (including phenoxy) is 1. The number of carbonyl (C=O) groups excluding carboxylic acids is 2. The lowest BCUT2D eigenvalue weighted by molar-refractivity contribution is -0.142. The second-order valence-corrected chi connectivity index (χ2v) is 8.12. The molecule has 6 heteroatoms. The highest BCUT2D eigenvalue weighted by molar-refractivity contribution is 5.88. The quantitative estimate of drug-likeness (QED) is 0.599. The van der Waals surface area contributed by atoms with Gasteiger partial charge in [-0.25, -0.2) is 4.39 Å². The zero-order valence-corrected chi connectivity index (χ0v) is 19.0. The van der Waals surface area contributed by atoms with Crippen molar-refractivity contribution in [1.29, 1.82) is 0 Å². The van der Waals surface area contributed by atoms with Gasteiger partial charge in [-0.15, -0.1) is 0 Å². The summed E-state index contributed by atoms with van der Waals surface area (Å²) in [5, 5.41) is 2.89. The first-order chi connectivity index (χ1) is 14.7. The lowest BCUT2D eigenvalue weighted by Crippen LogP contribution is -2.50. The number of benzene rings is 2. The molecule has 2 aromatic rings. The van der Waals surface area contributed by atoms with Gasteiger partial charge in [-0.05, 0) is 49.9 Å². The molecule has 2 rings (SSSR count). The molecule has 0 spiro atoms. The molecule has 0 saturated heterocycles. The van der Waals surface area contributed by atoms with Gasteiger partial charge in [-0.3, -0.25) is 9.59 Å². The van der Waals surface area contributed by atoms with Crippen LogP contribution in [0.5, 0.6) is 5.75 Å². The largest absolute Gasteiger partial charge is 0.484 e. The number of amides is 2. The van der Waals surface area contributed by atoms with Crippen molar-refractivity contribution in [3.63, 3.8) is 0 Å². The van der Waals surface area contributed by atoms with E-state index in [2.05, 4.69) is 19.2 Å². The highest BCUT2D eigenvalue weighted by Crippen LogP contribution is 2.19. The van der Waals surface area contributed by atoms with E-state index < -0.39 is 11.9 Å². The number of rotatable bonds is 10. The Morgan fingerprint density at radius 1 is 1.03 bits per heavy atom. The van der Waals surface area contributed by atoms with Crippen LogP contribution < -0.4 is 10.1 Å². The highest BCUT2D eigenvalue weighted by atomic mass is 19.1. The van der Waals surface area contributed by atoms with E-state index in [0.29, 0.717) is 17.2 Å². The molecule has 0 heterocycles. The van der Waals surface area contributed by atoms with Gasteiger partial charge in [0.15, 0.2) is 6.61 Å². The van der Waals surface area contributed by atoms with Gasteiger partial charge in [0, 0.05) is 18.2 Å². The molecule has 0 fully saturated rings. The van der Waals surface area contributed by atoms with Crippen LogP contribution in [-0.2, 0) is 16.1 Å². The Kier molecular flexibility index (Phi) is 9.03. The molecule has 0 radical (unpaired) electrons. The first kappa shape index (κ1) is 24.4. The van der Waals surface area contributed by atoms with Gasteiger partial charge in [-0.1, -0.05) is 51.1 Å². The minimum Gasteiger partial charge on any atom is -0.484 e. The number of hydrogen-bond acceptors (Lipinski definition) is 3. The van der Waals surface area contributed by atoms with Crippen molar-refractivity contribution in [2.75, 3.05) is 6.61 Å². The predicted octanol–water partition coefficient (Wildman–Crippen LogP) is 4.66. The summed E-state index contributed by atoms with van der Waals surface area (Å²) in [5.74, 6) is -0.111.